The predicted octanol–water partition coefficient (Wildman–Crippen LogP) is 2.79. The first kappa shape index (κ1) is 14.4. The van der Waals surface area contributed by atoms with E-state index >= 15 is 0 Å². The number of rotatable bonds is 1. The Morgan fingerprint density at radius 2 is 2.00 bits per heavy atom. The number of carbonyl (C=O) groups is 1. The molecular weight excluding hydrogens is 290 g/mol. The van der Waals surface area contributed by atoms with Crippen molar-refractivity contribution in [2.24, 2.45) is 5.41 Å². The summed E-state index contributed by atoms with van der Waals surface area (Å²) >= 11 is 5.91. The predicted molar refractivity (Wildman–Crippen MR) is 81.7 cm³/mol. The zero-order valence-corrected chi connectivity index (χ0v) is 13.4. The Balaban J connectivity index is 1.51. The average molecular weight is 310 g/mol. The Kier molecular flexibility index (Phi) is 3.28. The summed E-state index contributed by atoms with van der Waals surface area (Å²) in [6.45, 7) is 9.11. The zero-order valence-electron chi connectivity index (χ0n) is 12.6. The van der Waals surface area contributed by atoms with E-state index in [1.165, 1.54) is 0 Å². The molecule has 1 spiro atoms. The molecule has 5 nitrogen and oxygen atoms in total. The van der Waals surface area contributed by atoms with Crippen LogP contribution in [0.1, 0.15) is 20.8 Å². The molecular formula is C15H20ClN3O2. The monoisotopic (exact) mass is 309 g/mol. The van der Waals surface area contributed by atoms with Crippen LogP contribution in [0.15, 0.2) is 18.3 Å². The molecule has 21 heavy (non-hydrogen) atoms. The zero-order chi connectivity index (χ0) is 15.3. The van der Waals surface area contributed by atoms with Crippen molar-refractivity contribution >= 4 is 23.4 Å². The smallest absolute Gasteiger partial charge is 0.410 e. The lowest BCUT2D eigenvalue weighted by Crippen LogP contribution is -2.73. The van der Waals surface area contributed by atoms with Gasteiger partial charge in [-0.1, -0.05) is 11.6 Å². The van der Waals surface area contributed by atoms with E-state index in [0.29, 0.717) is 5.15 Å². The van der Waals surface area contributed by atoms with Gasteiger partial charge in [0.25, 0.3) is 0 Å². The molecule has 0 radical (unpaired) electrons. The molecule has 1 aromatic heterocycles. The first-order valence-corrected chi connectivity index (χ1v) is 7.49. The summed E-state index contributed by atoms with van der Waals surface area (Å²) in [7, 11) is 0. The molecule has 0 atom stereocenters. The van der Waals surface area contributed by atoms with E-state index in [1.54, 1.807) is 11.1 Å². The van der Waals surface area contributed by atoms with Crippen molar-refractivity contribution in [2.45, 2.75) is 26.4 Å². The Bertz CT molecular complexity index is 556. The molecule has 6 heteroatoms. The van der Waals surface area contributed by atoms with Crippen LogP contribution in [-0.4, -0.2) is 47.8 Å². The summed E-state index contributed by atoms with van der Waals surface area (Å²) in [6.07, 6.45) is 1.51. The van der Waals surface area contributed by atoms with E-state index in [-0.39, 0.29) is 11.5 Å². The van der Waals surface area contributed by atoms with E-state index in [4.69, 9.17) is 16.3 Å². The molecule has 1 amide bonds. The molecule has 2 aliphatic heterocycles. The van der Waals surface area contributed by atoms with Crippen molar-refractivity contribution in [3.05, 3.63) is 23.5 Å². The standard InChI is InChI=1S/C15H20ClN3O2/c1-14(2,3)21-13(20)19-9-15(10-19)7-18(8-15)11-4-5-17-12(16)6-11/h4-6H,7-10H2,1-3H3. The van der Waals surface area contributed by atoms with Gasteiger partial charge in [0.2, 0.25) is 0 Å². The summed E-state index contributed by atoms with van der Waals surface area (Å²) in [4.78, 5) is 20.0. The lowest BCUT2D eigenvalue weighted by Gasteiger charge is -2.60. The van der Waals surface area contributed by atoms with Gasteiger partial charge in [-0.05, 0) is 32.9 Å². The van der Waals surface area contributed by atoms with E-state index in [1.807, 2.05) is 32.9 Å². The first-order valence-electron chi connectivity index (χ1n) is 7.11. The van der Waals surface area contributed by atoms with E-state index in [9.17, 15) is 4.79 Å². The molecule has 1 aromatic rings. The maximum Gasteiger partial charge on any atom is 0.410 e. The second-order valence-corrected chi connectivity index (χ2v) is 7.42. The Morgan fingerprint density at radius 3 is 2.57 bits per heavy atom. The highest BCUT2D eigenvalue weighted by molar-refractivity contribution is 6.29. The van der Waals surface area contributed by atoms with Gasteiger partial charge in [0, 0.05) is 43.5 Å². The third-order valence-corrected chi connectivity index (χ3v) is 4.04. The third kappa shape index (κ3) is 2.93. The molecule has 0 aliphatic carbocycles. The Labute approximate surface area is 129 Å². The Morgan fingerprint density at radius 1 is 1.33 bits per heavy atom. The minimum absolute atomic E-state index is 0.210. The van der Waals surface area contributed by atoms with Crippen LogP contribution >= 0.6 is 11.6 Å². The van der Waals surface area contributed by atoms with Gasteiger partial charge < -0.3 is 14.5 Å². The fourth-order valence-corrected chi connectivity index (χ4v) is 3.12. The van der Waals surface area contributed by atoms with Gasteiger partial charge in [-0.3, -0.25) is 0 Å². The van der Waals surface area contributed by atoms with Gasteiger partial charge in [0.15, 0.2) is 0 Å². The lowest BCUT2D eigenvalue weighted by atomic mass is 9.73. The second kappa shape index (κ2) is 4.77. The highest BCUT2D eigenvalue weighted by Crippen LogP contribution is 2.42. The fourth-order valence-electron chi connectivity index (χ4n) is 2.95. The van der Waals surface area contributed by atoms with Crippen LogP contribution < -0.4 is 4.90 Å². The number of aromatic nitrogens is 1. The molecule has 114 valence electrons. The van der Waals surface area contributed by atoms with Gasteiger partial charge in [0.05, 0.1) is 0 Å². The molecule has 0 N–H and O–H groups in total. The van der Waals surface area contributed by atoms with E-state index < -0.39 is 5.60 Å². The molecule has 2 fully saturated rings. The highest BCUT2D eigenvalue weighted by atomic mass is 35.5. The average Bonchev–Trinajstić information content (AvgIpc) is 2.22. The maximum absolute atomic E-state index is 11.9. The number of anilines is 1. The molecule has 0 unspecified atom stereocenters. The number of likely N-dealkylation sites (tertiary alicyclic amines) is 1. The molecule has 2 saturated heterocycles. The normalized spacial score (nSPS) is 20.0. The van der Waals surface area contributed by atoms with Crippen LogP contribution in [0.5, 0.6) is 0 Å². The quantitative estimate of drug-likeness (QED) is 0.748. The van der Waals surface area contributed by atoms with Crippen molar-refractivity contribution in [1.82, 2.24) is 9.88 Å². The number of hydrogen-bond donors (Lipinski definition) is 0. The van der Waals surface area contributed by atoms with Gasteiger partial charge in [-0.15, -0.1) is 0 Å². The second-order valence-electron chi connectivity index (χ2n) is 7.03. The molecule has 3 rings (SSSR count). The van der Waals surface area contributed by atoms with Crippen LogP contribution in [0.4, 0.5) is 10.5 Å². The lowest BCUT2D eigenvalue weighted by molar-refractivity contribution is -0.0453. The van der Waals surface area contributed by atoms with Crippen molar-refractivity contribution in [1.29, 1.82) is 0 Å². The number of halogens is 1. The van der Waals surface area contributed by atoms with Crippen LogP contribution in [0.3, 0.4) is 0 Å². The van der Waals surface area contributed by atoms with E-state index in [0.717, 1.165) is 31.9 Å². The molecule has 0 aromatic carbocycles. The van der Waals surface area contributed by atoms with Crippen molar-refractivity contribution in [3.63, 3.8) is 0 Å². The van der Waals surface area contributed by atoms with Crippen LogP contribution in [-0.2, 0) is 4.74 Å². The Hall–Kier alpha value is -1.49. The fraction of sp³-hybridized carbons (Fsp3) is 0.600. The topological polar surface area (TPSA) is 45.7 Å². The van der Waals surface area contributed by atoms with Gasteiger partial charge in [-0.2, -0.15) is 0 Å². The van der Waals surface area contributed by atoms with Crippen molar-refractivity contribution < 1.29 is 9.53 Å². The van der Waals surface area contributed by atoms with Crippen LogP contribution in [0.2, 0.25) is 5.15 Å². The summed E-state index contributed by atoms with van der Waals surface area (Å²) in [5.74, 6) is 0. The molecule has 0 bridgehead atoms. The number of pyridine rings is 1. The summed E-state index contributed by atoms with van der Waals surface area (Å²) in [5.41, 5.74) is 0.891. The minimum Gasteiger partial charge on any atom is -0.444 e. The van der Waals surface area contributed by atoms with Gasteiger partial charge in [0.1, 0.15) is 10.8 Å². The number of amides is 1. The number of carbonyl (C=O) groups excluding carboxylic acids is 1. The minimum atomic E-state index is -0.431. The number of hydrogen-bond acceptors (Lipinski definition) is 4. The van der Waals surface area contributed by atoms with Crippen LogP contribution in [0, 0.1) is 5.41 Å². The number of nitrogens with zero attached hydrogens (tertiary/aromatic N) is 3. The maximum atomic E-state index is 11.9. The summed E-state index contributed by atoms with van der Waals surface area (Å²) < 4.78 is 5.38. The van der Waals surface area contributed by atoms with Gasteiger partial charge >= 0.3 is 6.09 Å². The third-order valence-electron chi connectivity index (χ3n) is 3.83. The number of ether oxygens (including phenoxy) is 1. The highest BCUT2D eigenvalue weighted by Gasteiger charge is 2.54. The SMILES string of the molecule is CC(C)(C)OC(=O)N1CC2(C1)CN(c1ccnc(Cl)c1)C2. The van der Waals surface area contributed by atoms with Gasteiger partial charge in [-0.25, -0.2) is 9.78 Å². The summed E-state index contributed by atoms with van der Waals surface area (Å²) in [5, 5.41) is 0.512. The molecule has 2 aliphatic rings. The molecule has 3 heterocycles. The van der Waals surface area contributed by atoms with Crippen molar-refractivity contribution in [2.75, 3.05) is 31.1 Å². The van der Waals surface area contributed by atoms with Crippen LogP contribution in [0.25, 0.3) is 0 Å². The molecule has 0 saturated carbocycles. The summed E-state index contributed by atoms with van der Waals surface area (Å²) in [6, 6.07) is 3.84. The van der Waals surface area contributed by atoms with Crippen molar-refractivity contribution in [3.8, 4) is 0 Å². The largest absolute Gasteiger partial charge is 0.444 e. The first-order chi connectivity index (χ1) is 9.76. The van der Waals surface area contributed by atoms with E-state index in [2.05, 4.69) is 9.88 Å².